The van der Waals surface area contributed by atoms with Crippen molar-refractivity contribution in [1.29, 1.82) is 0 Å². The summed E-state index contributed by atoms with van der Waals surface area (Å²) < 4.78 is 5.09. The first-order valence-corrected chi connectivity index (χ1v) is 8.90. The Morgan fingerprint density at radius 2 is 2.12 bits per heavy atom. The molecular weight excluding hydrogens is 332 g/mol. The summed E-state index contributed by atoms with van der Waals surface area (Å²) in [6.07, 6.45) is 0.675. The highest BCUT2D eigenvalue weighted by Gasteiger charge is 2.38. The van der Waals surface area contributed by atoms with E-state index in [-0.39, 0.29) is 24.7 Å². The third kappa shape index (κ3) is 4.38. The first kappa shape index (κ1) is 18.3. The van der Waals surface area contributed by atoms with Crippen molar-refractivity contribution in [2.75, 3.05) is 6.54 Å². The van der Waals surface area contributed by atoms with Crippen LogP contribution in [0.25, 0.3) is 0 Å². The number of Topliss-reactive ketones (excluding diaryl/α,β-unsaturated/α-hetero) is 1. The van der Waals surface area contributed by atoms with Crippen molar-refractivity contribution < 1.29 is 19.2 Å². The van der Waals surface area contributed by atoms with Crippen LogP contribution in [0.5, 0.6) is 0 Å². The number of rotatable bonds is 6. The monoisotopic (exact) mass is 356 g/mol. The Hall–Kier alpha value is -2.47. The van der Waals surface area contributed by atoms with Gasteiger partial charge < -0.3 is 14.5 Å². The second-order valence-corrected chi connectivity index (χ2v) is 7.02. The van der Waals surface area contributed by atoms with E-state index < -0.39 is 12.1 Å². The lowest BCUT2D eigenvalue weighted by Crippen LogP contribution is -2.41. The van der Waals surface area contributed by atoms with Gasteiger partial charge in [-0.3, -0.25) is 9.59 Å². The number of aliphatic hydroxyl groups is 1. The molecule has 1 N–H and O–H groups in total. The molecule has 1 aromatic carbocycles. The Labute approximate surface area is 152 Å². The quantitative estimate of drug-likeness (QED) is 0.856. The first-order valence-electron chi connectivity index (χ1n) is 8.90. The van der Waals surface area contributed by atoms with E-state index >= 15 is 0 Å². The molecule has 138 valence electrons. The number of aromatic nitrogens is 1. The minimum Gasteiger partial charge on any atom is -0.391 e. The molecule has 2 atom stereocenters. The molecule has 26 heavy (non-hydrogen) atoms. The Morgan fingerprint density at radius 3 is 2.81 bits per heavy atom. The molecule has 0 aliphatic carbocycles. The van der Waals surface area contributed by atoms with Gasteiger partial charge in [-0.1, -0.05) is 35.0 Å². The lowest BCUT2D eigenvalue weighted by atomic mass is 10.0. The minimum absolute atomic E-state index is 0.00911. The lowest BCUT2D eigenvalue weighted by molar-refractivity contribution is -0.137. The van der Waals surface area contributed by atoms with Crippen molar-refractivity contribution in [3.8, 4) is 0 Å². The zero-order valence-corrected chi connectivity index (χ0v) is 15.1. The highest BCUT2D eigenvalue weighted by atomic mass is 16.5. The molecule has 6 heteroatoms. The number of ketones is 1. The van der Waals surface area contributed by atoms with E-state index in [2.05, 4.69) is 11.2 Å². The standard InChI is InChI=1S/C20H24N2O4/c1-13-4-3-5-15(8-13)6-7-19(24)18-10-16(23)12-22(18)20(25)11-17-9-14(2)21-26-17/h3-5,8-9,16,18,23H,6-7,10-12H2,1-2H3/t16-,18+/m1/s1. The molecule has 0 spiro atoms. The number of carbonyl (C=O) groups excluding carboxylic acids is 2. The van der Waals surface area contributed by atoms with Crippen LogP contribution in [0.3, 0.4) is 0 Å². The third-order valence-corrected chi connectivity index (χ3v) is 4.72. The van der Waals surface area contributed by atoms with Crippen LogP contribution >= 0.6 is 0 Å². The molecular formula is C20H24N2O4. The number of benzene rings is 1. The fourth-order valence-corrected chi connectivity index (χ4v) is 3.45. The van der Waals surface area contributed by atoms with Crippen LogP contribution in [0.15, 0.2) is 34.9 Å². The van der Waals surface area contributed by atoms with E-state index in [0.717, 1.165) is 11.1 Å². The molecule has 2 aromatic rings. The SMILES string of the molecule is Cc1cccc(CCC(=O)[C@@H]2C[C@@H](O)CN2C(=O)Cc2cc(C)no2)c1. The van der Waals surface area contributed by atoms with Crippen LogP contribution in [-0.4, -0.2) is 45.5 Å². The smallest absolute Gasteiger partial charge is 0.231 e. The number of β-amino-alcohol motifs (C(OH)–C–C–N with tert-alkyl or cyclic N) is 1. The molecule has 1 fully saturated rings. The van der Waals surface area contributed by atoms with Crippen molar-refractivity contribution in [1.82, 2.24) is 10.1 Å². The number of carbonyl (C=O) groups is 2. The van der Waals surface area contributed by atoms with E-state index in [4.69, 9.17) is 4.52 Å². The molecule has 3 rings (SSSR count). The fourth-order valence-electron chi connectivity index (χ4n) is 3.45. The average molecular weight is 356 g/mol. The number of nitrogens with zero attached hydrogens (tertiary/aromatic N) is 2. The molecule has 1 aliphatic heterocycles. The molecule has 0 saturated carbocycles. The van der Waals surface area contributed by atoms with Crippen molar-refractivity contribution >= 4 is 11.7 Å². The third-order valence-electron chi connectivity index (χ3n) is 4.72. The van der Waals surface area contributed by atoms with Gasteiger partial charge in [-0.05, 0) is 25.8 Å². The molecule has 1 amide bonds. The van der Waals surface area contributed by atoms with Crippen LogP contribution in [0.2, 0.25) is 0 Å². The number of hydrogen-bond donors (Lipinski definition) is 1. The topological polar surface area (TPSA) is 83.6 Å². The average Bonchev–Trinajstić information content (AvgIpc) is 3.18. The molecule has 6 nitrogen and oxygen atoms in total. The van der Waals surface area contributed by atoms with Crippen LogP contribution in [0, 0.1) is 13.8 Å². The van der Waals surface area contributed by atoms with Gasteiger partial charge in [0.05, 0.1) is 24.3 Å². The zero-order valence-electron chi connectivity index (χ0n) is 15.1. The summed E-state index contributed by atoms with van der Waals surface area (Å²) >= 11 is 0. The lowest BCUT2D eigenvalue weighted by Gasteiger charge is -2.23. The summed E-state index contributed by atoms with van der Waals surface area (Å²) in [5.41, 5.74) is 2.97. The molecule has 0 radical (unpaired) electrons. The molecule has 1 aliphatic rings. The number of amides is 1. The van der Waals surface area contributed by atoms with Crippen molar-refractivity contribution in [2.45, 2.75) is 51.7 Å². The highest BCUT2D eigenvalue weighted by Crippen LogP contribution is 2.22. The summed E-state index contributed by atoms with van der Waals surface area (Å²) in [6.45, 7) is 3.99. The first-order chi connectivity index (χ1) is 12.4. The predicted octanol–water partition coefficient (Wildman–Crippen LogP) is 2.00. The van der Waals surface area contributed by atoms with E-state index in [1.165, 1.54) is 4.90 Å². The van der Waals surface area contributed by atoms with E-state index in [0.29, 0.717) is 30.7 Å². The summed E-state index contributed by atoms with van der Waals surface area (Å²) in [4.78, 5) is 26.7. The van der Waals surface area contributed by atoms with Gasteiger partial charge in [0.2, 0.25) is 5.91 Å². The number of likely N-dealkylation sites (tertiary alicyclic amines) is 1. The maximum Gasteiger partial charge on any atom is 0.231 e. The Morgan fingerprint density at radius 1 is 1.31 bits per heavy atom. The predicted molar refractivity (Wildman–Crippen MR) is 95.6 cm³/mol. The largest absolute Gasteiger partial charge is 0.391 e. The maximum atomic E-state index is 12.7. The van der Waals surface area contributed by atoms with Crippen LogP contribution < -0.4 is 0 Å². The van der Waals surface area contributed by atoms with Crippen molar-refractivity contribution in [3.05, 3.63) is 52.9 Å². The van der Waals surface area contributed by atoms with Gasteiger partial charge in [0.15, 0.2) is 5.78 Å². The number of aliphatic hydroxyl groups excluding tert-OH is 1. The summed E-state index contributed by atoms with van der Waals surface area (Å²) in [5, 5.41) is 13.8. The highest BCUT2D eigenvalue weighted by molar-refractivity contribution is 5.90. The molecule has 0 unspecified atom stereocenters. The van der Waals surface area contributed by atoms with Gasteiger partial charge in [-0.25, -0.2) is 0 Å². The second kappa shape index (κ2) is 7.83. The van der Waals surface area contributed by atoms with Crippen molar-refractivity contribution in [2.24, 2.45) is 0 Å². The number of hydrogen-bond acceptors (Lipinski definition) is 5. The Balaban J connectivity index is 1.62. The minimum atomic E-state index is -0.664. The van der Waals surface area contributed by atoms with E-state index in [9.17, 15) is 14.7 Å². The second-order valence-electron chi connectivity index (χ2n) is 7.02. The van der Waals surface area contributed by atoms with Crippen molar-refractivity contribution in [3.63, 3.8) is 0 Å². The molecule has 1 aromatic heterocycles. The van der Waals surface area contributed by atoms with Gasteiger partial charge in [0, 0.05) is 25.5 Å². The van der Waals surface area contributed by atoms with Gasteiger partial charge in [-0.15, -0.1) is 0 Å². The van der Waals surface area contributed by atoms with Gasteiger partial charge in [0.1, 0.15) is 5.76 Å². The number of aryl methyl sites for hydroxylation is 3. The van der Waals surface area contributed by atoms with Crippen LogP contribution in [-0.2, 0) is 22.4 Å². The Bertz CT molecular complexity index is 799. The fraction of sp³-hybridized carbons (Fsp3) is 0.450. The van der Waals surface area contributed by atoms with Crippen LogP contribution in [0.1, 0.15) is 35.4 Å². The molecule has 0 bridgehead atoms. The Kier molecular flexibility index (Phi) is 5.52. The maximum absolute atomic E-state index is 12.7. The van der Waals surface area contributed by atoms with E-state index in [1.54, 1.807) is 13.0 Å². The van der Waals surface area contributed by atoms with Gasteiger partial charge >= 0.3 is 0 Å². The summed E-state index contributed by atoms with van der Waals surface area (Å²) in [5.74, 6) is 0.247. The van der Waals surface area contributed by atoms with Gasteiger partial charge in [0.25, 0.3) is 0 Å². The molecule has 2 heterocycles. The van der Waals surface area contributed by atoms with Gasteiger partial charge in [-0.2, -0.15) is 0 Å². The summed E-state index contributed by atoms with van der Waals surface area (Å²) in [6, 6.07) is 9.20. The van der Waals surface area contributed by atoms with Crippen LogP contribution in [0.4, 0.5) is 0 Å². The zero-order chi connectivity index (χ0) is 18.7. The molecule has 1 saturated heterocycles. The van der Waals surface area contributed by atoms with E-state index in [1.807, 2.05) is 25.1 Å². The summed E-state index contributed by atoms with van der Waals surface area (Å²) in [7, 11) is 0. The normalized spacial score (nSPS) is 19.7.